The van der Waals surface area contributed by atoms with Gasteiger partial charge in [0.2, 0.25) is 5.91 Å². The molecule has 2 atom stereocenters. The van der Waals surface area contributed by atoms with Crippen molar-refractivity contribution < 1.29 is 23.9 Å². The van der Waals surface area contributed by atoms with E-state index in [0.29, 0.717) is 18.1 Å². The number of carbonyl (C=O) groups is 4. The number of esters is 1. The highest BCUT2D eigenvalue weighted by Gasteiger charge is 2.38. The Kier molecular flexibility index (Phi) is 5.65. The van der Waals surface area contributed by atoms with Crippen molar-refractivity contribution in [3.63, 3.8) is 0 Å². The molecule has 0 bridgehead atoms. The van der Waals surface area contributed by atoms with E-state index in [0.717, 1.165) is 10.5 Å². The lowest BCUT2D eigenvalue weighted by molar-refractivity contribution is -0.160. The van der Waals surface area contributed by atoms with Crippen LogP contribution in [0.5, 0.6) is 0 Å². The van der Waals surface area contributed by atoms with Gasteiger partial charge in [0, 0.05) is 37.6 Å². The fourth-order valence-corrected chi connectivity index (χ4v) is 3.33. The van der Waals surface area contributed by atoms with E-state index in [1.807, 2.05) is 12.1 Å². The fourth-order valence-electron chi connectivity index (χ4n) is 3.14. The number of hydrogen-bond acceptors (Lipinski definition) is 5. The first-order chi connectivity index (χ1) is 12.9. The molecule has 0 unspecified atom stereocenters. The van der Waals surface area contributed by atoms with Crippen LogP contribution in [0.25, 0.3) is 0 Å². The Bertz CT molecular complexity index is 784. The van der Waals surface area contributed by atoms with Gasteiger partial charge in [-0.2, -0.15) is 0 Å². The van der Waals surface area contributed by atoms with Gasteiger partial charge in [0.1, 0.15) is 0 Å². The van der Waals surface area contributed by atoms with Crippen LogP contribution in [0.2, 0.25) is 5.02 Å². The molecule has 0 radical (unpaired) electrons. The molecule has 2 aliphatic heterocycles. The minimum atomic E-state index is -1.09. The van der Waals surface area contributed by atoms with Crippen molar-refractivity contribution in [3.05, 3.63) is 34.9 Å². The first kappa shape index (κ1) is 19.2. The number of nitrogens with one attached hydrogen (secondary N) is 1. The summed E-state index contributed by atoms with van der Waals surface area (Å²) in [6.45, 7) is 2.55. The molecule has 2 heterocycles. The lowest BCUT2D eigenvalue weighted by Crippen LogP contribution is -2.42. The predicted molar refractivity (Wildman–Crippen MR) is 95.6 cm³/mol. The number of benzene rings is 1. The van der Waals surface area contributed by atoms with Gasteiger partial charge in [0.25, 0.3) is 5.91 Å². The highest BCUT2D eigenvalue weighted by atomic mass is 35.5. The molecule has 0 aromatic heterocycles. The summed E-state index contributed by atoms with van der Waals surface area (Å²) in [5.41, 5.74) is 0.796. The van der Waals surface area contributed by atoms with Crippen LogP contribution in [-0.2, 0) is 25.7 Å². The van der Waals surface area contributed by atoms with Gasteiger partial charge < -0.3 is 15.0 Å². The maximum absolute atomic E-state index is 12.4. The largest absolute Gasteiger partial charge is 0.452 e. The van der Waals surface area contributed by atoms with E-state index in [9.17, 15) is 19.2 Å². The Morgan fingerprint density at radius 1 is 1.33 bits per heavy atom. The van der Waals surface area contributed by atoms with E-state index in [-0.39, 0.29) is 25.4 Å². The summed E-state index contributed by atoms with van der Waals surface area (Å²) >= 11 is 6.12. The van der Waals surface area contributed by atoms with Gasteiger partial charge in [-0.25, -0.2) is 4.79 Å². The second kappa shape index (κ2) is 7.96. The molecule has 4 amide bonds. The maximum Gasteiger partial charge on any atom is 0.324 e. The molecule has 1 N–H and O–H groups in total. The van der Waals surface area contributed by atoms with E-state index in [4.69, 9.17) is 16.3 Å². The Labute approximate surface area is 161 Å². The molecule has 9 heteroatoms. The van der Waals surface area contributed by atoms with E-state index in [1.54, 1.807) is 17.0 Å². The van der Waals surface area contributed by atoms with Crippen LogP contribution in [0.15, 0.2) is 24.3 Å². The van der Waals surface area contributed by atoms with Gasteiger partial charge >= 0.3 is 12.0 Å². The fraction of sp³-hybridized carbons (Fsp3) is 0.444. The van der Waals surface area contributed by atoms with Crippen LogP contribution in [0.3, 0.4) is 0 Å². The summed E-state index contributed by atoms with van der Waals surface area (Å²) < 4.78 is 5.21. The molecule has 3 rings (SSSR count). The number of halogens is 1. The van der Waals surface area contributed by atoms with Crippen LogP contribution in [0.4, 0.5) is 4.79 Å². The Morgan fingerprint density at radius 3 is 2.74 bits per heavy atom. The minimum Gasteiger partial charge on any atom is -0.452 e. The summed E-state index contributed by atoms with van der Waals surface area (Å²) in [5.74, 6) is -2.02. The van der Waals surface area contributed by atoms with Crippen LogP contribution >= 0.6 is 11.6 Å². The number of nitrogens with zero attached hydrogens (tertiary/aromatic N) is 2. The summed E-state index contributed by atoms with van der Waals surface area (Å²) in [6, 6.07) is 6.70. The highest BCUT2D eigenvalue weighted by molar-refractivity contribution is 6.31. The monoisotopic (exact) mass is 393 g/mol. The zero-order chi connectivity index (χ0) is 19.6. The number of rotatable bonds is 5. The quantitative estimate of drug-likeness (QED) is 0.757. The molecule has 2 fully saturated rings. The average Bonchev–Trinajstić information content (AvgIpc) is 3.22. The van der Waals surface area contributed by atoms with Gasteiger partial charge in [-0.3, -0.25) is 19.3 Å². The predicted octanol–water partition coefficient (Wildman–Crippen LogP) is 1.17. The molecule has 8 nitrogen and oxygen atoms in total. The third kappa shape index (κ3) is 4.21. The van der Waals surface area contributed by atoms with E-state index in [1.165, 1.54) is 6.92 Å². The van der Waals surface area contributed by atoms with E-state index in [2.05, 4.69) is 5.32 Å². The molecular formula is C18H20ClN3O5. The van der Waals surface area contributed by atoms with Crippen molar-refractivity contribution in [1.82, 2.24) is 15.1 Å². The lowest BCUT2D eigenvalue weighted by Gasteiger charge is -2.20. The summed E-state index contributed by atoms with van der Waals surface area (Å²) in [4.78, 5) is 50.9. The summed E-state index contributed by atoms with van der Waals surface area (Å²) in [5, 5.41) is 3.07. The lowest BCUT2D eigenvalue weighted by atomic mass is 10.1. The van der Waals surface area contributed by atoms with Gasteiger partial charge in [0.15, 0.2) is 6.10 Å². The number of hydrogen-bond donors (Lipinski definition) is 1. The number of urea groups is 1. The van der Waals surface area contributed by atoms with Crippen molar-refractivity contribution in [3.8, 4) is 0 Å². The molecule has 2 aliphatic rings. The van der Waals surface area contributed by atoms with Crippen LogP contribution in [0.1, 0.15) is 18.9 Å². The number of likely N-dealkylation sites (tertiary alicyclic amines) is 1. The first-order valence-corrected chi connectivity index (χ1v) is 9.05. The average molecular weight is 394 g/mol. The number of carbonyl (C=O) groups excluding carboxylic acids is 4. The molecule has 1 aromatic carbocycles. The molecular weight excluding hydrogens is 374 g/mol. The van der Waals surface area contributed by atoms with E-state index < -0.39 is 29.9 Å². The molecule has 0 spiro atoms. The first-order valence-electron chi connectivity index (χ1n) is 8.67. The molecule has 0 aliphatic carbocycles. The second-order valence-corrected chi connectivity index (χ2v) is 6.97. The summed E-state index contributed by atoms with van der Waals surface area (Å²) in [7, 11) is 0. The molecule has 0 saturated carbocycles. The van der Waals surface area contributed by atoms with Gasteiger partial charge in [-0.15, -0.1) is 0 Å². The molecule has 144 valence electrons. The van der Waals surface area contributed by atoms with Gasteiger partial charge in [-0.1, -0.05) is 29.8 Å². The SMILES string of the molecule is C[C@H](OC(=O)[C@@H]1CC(=O)N(Cc2ccccc2Cl)C1)C(=O)N1CCNC1=O. The molecule has 1 aromatic rings. The number of imide groups is 1. The van der Waals surface area contributed by atoms with Crippen LogP contribution in [0, 0.1) is 5.92 Å². The van der Waals surface area contributed by atoms with Crippen molar-refractivity contribution in [2.75, 3.05) is 19.6 Å². The zero-order valence-electron chi connectivity index (χ0n) is 14.8. The van der Waals surface area contributed by atoms with Crippen molar-refractivity contribution in [1.29, 1.82) is 0 Å². The van der Waals surface area contributed by atoms with Crippen molar-refractivity contribution >= 4 is 35.4 Å². The zero-order valence-corrected chi connectivity index (χ0v) is 15.6. The molecule has 2 saturated heterocycles. The number of amides is 4. The van der Waals surface area contributed by atoms with Crippen LogP contribution in [-0.4, -0.2) is 59.4 Å². The summed E-state index contributed by atoms with van der Waals surface area (Å²) in [6.07, 6.45) is -1.07. The van der Waals surface area contributed by atoms with Crippen LogP contribution < -0.4 is 5.32 Å². The standard InChI is InChI=1S/C18H20ClN3O5/c1-11(16(24)22-7-6-20-18(22)26)27-17(25)13-8-15(23)21(10-13)9-12-4-2-3-5-14(12)19/h2-5,11,13H,6-10H2,1H3,(H,20,26)/t11-,13+/m0/s1. The third-order valence-electron chi connectivity index (χ3n) is 4.63. The second-order valence-electron chi connectivity index (χ2n) is 6.57. The Hall–Kier alpha value is -2.61. The smallest absolute Gasteiger partial charge is 0.324 e. The van der Waals surface area contributed by atoms with E-state index >= 15 is 0 Å². The Balaban J connectivity index is 1.56. The van der Waals surface area contributed by atoms with Gasteiger partial charge in [-0.05, 0) is 18.6 Å². The Morgan fingerprint density at radius 2 is 2.07 bits per heavy atom. The topological polar surface area (TPSA) is 96.0 Å². The normalized spacial score (nSPS) is 20.6. The number of ether oxygens (including phenoxy) is 1. The van der Waals surface area contributed by atoms with Gasteiger partial charge in [0.05, 0.1) is 5.92 Å². The maximum atomic E-state index is 12.4. The third-order valence-corrected chi connectivity index (χ3v) is 5.00. The molecule has 27 heavy (non-hydrogen) atoms. The van der Waals surface area contributed by atoms with Crippen molar-refractivity contribution in [2.24, 2.45) is 5.92 Å². The van der Waals surface area contributed by atoms with Crippen molar-refractivity contribution in [2.45, 2.75) is 26.0 Å². The minimum absolute atomic E-state index is 0.0222. The highest BCUT2D eigenvalue weighted by Crippen LogP contribution is 2.24.